The average Bonchev–Trinajstić information content (AvgIpc) is 3.09. The van der Waals surface area contributed by atoms with Crippen molar-refractivity contribution < 1.29 is 14.1 Å². The third-order valence-corrected chi connectivity index (χ3v) is 4.26. The van der Waals surface area contributed by atoms with Gasteiger partial charge in [0.25, 0.3) is 5.91 Å². The summed E-state index contributed by atoms with van der Waals surface area (Å²) in [6.07, 6.45) is 0. The Kier molecular flexibility index (Phi) is 5.09. The molecule has 3 aromatic rings. The molecular formula is C17H14IN3O3. The van der Waals surface area contributed by atoms with Gasteiger partial charge in [-0.1, -0.05) is 29.4 Å². The molecule has 1 aromatic heterocycles. The third kappa shape index (κ3) is 3.73. The summed E-state index contributed by atoms with van der Waals surface area (Å²) in [5, 5.41) is 6.71. The Hall–Kier alpha value is -2.42. The maximum absolute atomic E-state index is 12.2. The number of halogens is 1. The van der Waals surface area contributed by atoms with Crippen molar-refractivity contribution in [3.05, 3.63) is 63.6 Å². The number of rotatable bonds is 5. The highest BCUT2D eigenvalue weighted by Crippen LogP contribution is 2.21. The van der Waals surface area contributed by atoms with Crippen molar-refractivity contribution >= 4 is 28.5 Å². The number of hydrogen-bond acceptors (Lipinski definition) is 5. The quantitative estimate of drug-likeness (QED) is 0.623. The van der Waals surface area contributed by atoms with Crippen molar-refractivity contribution in [2.75, 3.05) is 7.11 Å². The zero-order valence-electron chi connectivity index (χ0n) is 12.8. The second-order valence-corrected chi connectivity index (χ2v) is 6.07. The molecule has 3 rings (SSSR count). The van der Waals surface area contributed by atoms with Crippen LogP contribution in [0, 0.1) is 3.57 Å². The van der Waals surface area contributed by atoms with Crippen molar-refractivity contribution in [2.24, 2.45) is 0 Å². The summed E-state index contributed by atoms with van der Waals surface area (Å²) in [6, 6.07) is 14.7. The Balaban J connectivity index is 1.68. The minimum Gasteiger partial charge on any atom is -0.497 e. The van der Waals surface area contributed by atoms with Gasteiger partial charge in [0.1, 0.15) is 5.75 Å². The van der Waals surface area contributed by atoms with Crippen molar-refractivity contribution in [2.45, 2.75) is 6.54 Å². The van der Waals surface area contributed by atoms with Gasteiger partial charge in [0.15, 0.2) is 0 Å². The molecular weight excluding hydrogens is 421 g/mol. The van der Waals surface area contributed by atoms with Crippen LogP contribution in [0.1, 0.15) is 16.2 Å². The van der Waals surface area contributed by atoms with Crippen molar-refractivity contribution in [3.8, 4) is 17.1 Å². The zero-order valence-corrected chi connectivity index (χ0v) is 15.0. The van der Waals surface area contributed by atoms with E-state index >= 15 is 0 Å². The van der Waals surface area contributed by atoms with Crippen LogP contribution in [0.4, 0.5) is 0 Å². The second kappa shape index (κ2) is 7.43. The molecule has 0 bridgehead atoms. The lowest BCUT2D eigenvalue weighted by Gasteiger charge is -2.04. The van der Waals surface area contributed by atoms with Crippen LogP contribution in [0.15, 0.2) is 53.1 Å². The predicted molar refractivity (Wildman–Crippen MR) is 96.6 cm³/mol. The van der Waals surface area contributed by atoms with Crippen LogP contribution in [0.5, 0.6) is 5.75 Å². The topological polar surface area (TPSA) is 77.3 Å². The number of hydrogen-bond donors (Lipinski definition) is 1. The number of nitrogens with zero attached hydrogens (tertiary/aromatic N) is 2. The molecule has 0 spiro atoms. The minimum absolute atomic E-state index is 0.167. The molecule has 1 amide bonds. The second-order valence-electron chi connectivity index (χ2n) is 4.91. The first-order valence-corrected chi connectivity index (χ1v) is 8.25. The van der Waals surface area contributed by atoms with E-state index in [1.54, 1.807) is 13.2 Å². The lowest BCUT2D eigenvalue weighted by molar-refractivity contribution is 0.0945. The summed E-state index contributed by atoms with van der Waals surface area (Å²) in [6.45, 7) is 0.167. The number of methoxy groups -OCH3 is 1. The SMILES string of the molecule is COc1cccc(-c2noc(CNC(=O)c3ccccc3I)n2)c1. The van der Waals surface area contributed by atoms with E-state index in [1.807, 2.05) is 42.5 Å². The number of carbonyl (C=O) groups excluding carboxylic acids is 1. The van der Waals surface area contributed by atoms with Crippen molar-refractivity contribution in [1.82, 2.24) is 15.5 Å². The number of ether oxygens (including phenoxy) is 1. The molecule has 0 fully saturated rings. The van der Waals surface area contributed by atoms with E-state index in [2.05, 4.69) is 38.0 Å². The van der Waals surface area contributed by atoms with E-state index in [9.17, 15) is 4.79 Å². The standard InChI is InChI=1S/C17H14IN3O3/c1-23-12-6-4-5-11(9-12)16-20-15(24-21-16)10-19-17(22)13-7-2-3-8-14(13)18/h2-9H,10H2,1H3,(H,19,22). The first-order valence-electron chi connectivity index (χ1n) is 7.17. The van der Waals surface area contributed by atoms with E-state index in [1.165, 1.54) is 0 Å². The summed E-state index contributed by atoms with van der Waals surface area (Å²) < 4.78 is 11.3. The van der Waals surface area contributed by atoms with Gasteiger partial charge in [-0.15, -0.1) is 0 Å². The van der Waals surface area contributed by atoms with Gasteiger partial charge in [0.2, 0.25) is 11.7 Å². The maximum Gasteiger partial charge on any atom is 0.252 e. The molecule has 0 aliphatic carbocycles. The van der Waals surface area contributed by atoms with Gasteiger partial charge in [0, 0.05) is 9.13 Å². The third-order valence-electron chi connectivity index (χ3n) is 3.31. The molecule has 6 nitrogen and oxygen atoms in total. The Morgan fingerprint density at radius 2 is 2.08 bits per heavy atom. The number of nitrogens with one attached hydrogen (secondary N) is 1. The highest BCUT2D eigenvalue weighted by molar-refractivity contribution is 14.1. The zero-order chi connectivity index (χ0) is 16.9. The minimum atomic E-state index is -0.180. The molecule has 122 valence electrons. The van der Waals surface area contributed by atoms with Crippen molar-refractivity contribution in [3.63, 3.8) is 0 Å². The number of benzene rings is 2. The van der Waals surface area contributed by atoms with E-state index in [0.717, 1.165) is 9.13 Å². The van der Waals surface area contributed by atoms with Crippen molar-refractivity contribution in [1.29, 1.82) is 0 Å². The summed E-state index contributed by atoms with van der Waals surface area (Å²) in [7, 11) is 1.60. The lowest BCUT2D eigenvalue weighted by Crippen LogP contribution is -2.23. The van der Waals surface area contributed by atoms with Crippen LogP contribution >= 0.6 is 22.6 Å². The molecule has 0 unspecified atom stereocenters. The maximum atomic E-state index is 12.2. The van der Waals surface area contributed by atoms with Gasteiger partial charge in [0.05, 0.1) is 19.2 Å². The molecule has 7 heteroatoms. The fraction of sp³-hybridized carbons (Fsp3) is 0.118. The summed E-state index contributed by atoms with van der Waals surface area (Å²) in [4.78, 5) is 16.5. The Bertz CT molecular complexity index is 864. The van der Waals surface area contributed by atoms with Gasteiger partial charge in [-0.2, -0.15) is 4.98 Å². The van der Waals surface area contributed by atoms with Crippen LogP contribution in [0.2, 0.25) is 0 Å². The fourth-order valence-corrected chi connectivity index (χ4v) is 2.73. The number of aromatic nitrogens is 2. The molecule has 0 radical (unpaired) electrons. The van der Waals surface area contributed by atoms with Gasteiger partial charge < -0.3 is 14.6 Å². The molecule has 0 atom stereocenters. The Morgan fingerprint density at radius 3 is 2.88 bits per heavy atom. The highest BCUT2D eigenvalue weighted by Gasteiger charge is 2.12. The molecule has 1 N–H and O–H groups in total. The average molecular weight is 435 g/mol. The molecule has 0 saturated carbocycles. The van der Waals surface area contributed by atoms with Crippen LogP contribution in [0.25, 0.3) is 11.4 Å². The summed E-state index contributed by atoms with van der Waals surface area (Å²) in [5.74, 6) is 1.33. The van der Waals surface area contributed by atoms with Gasteiger partial charge >= 0.3 is 0 Å². The van der Waals surface area contributed by atoms with Gasteiger partial charge in [-0.3, -0.25) is 4.79 Å². The van der Waals surface area contributed by atoms with Crippen LogP contribution in [-0.2, 0) is 6.54 Å². The first kappa shape index (κ1) is 16.4. The number of amides is 1. The predicted octanol–water partition coefficient (Wildman–Crippen LogP) is 3.28. The van der Waals surface area contributed by atoms with Gasteiger partial charge in [-0.05, 0) is 46.9 Å². The van der Waals surface area contributed by atoms with E-state index < -0.39 is 0 Å². The fourth-order valence-electron chi connectivity index (χ4n) is 2.10. The monoisotopic (exact) mass is 435 g/mol. The molecule has 0 aliphatic heterocycles. The Labute approximate surface area is 152 Å². The summed E-state index contributed by atoms with van der Waals surface area (Å²) >= 11 is 2.12. The van der Waals surface area contributed by atoms with E-state index in [4.69, 9.17) is 9.26 Å². The highest BCUT2D eigenvalue weighted by atomic mass is 127. The first-order chi connectivity index (χ1) is 11.7. The van der Waals surface area contributed by atoms with Crippen LogP contribution < -0.4 is 10.1 Å². The van der Waals surface area contributed by atoms with Crippen LogP contribution in [-0.4, -0.2) is 23.2 Å². The molecule has 0 aliphatic rings. The molecule has 2 aromatic carbocycles. The summed E-state index contributed by atoms with van der Waals surface area (Å²) in [5.41, 5.74) is 1.40. The normalized spacial score (nSPS) is 10.4. The molecule has 24 heavy (non-hydrogen) atoms. The van der Waals surface area contributed by atoms with E-state index in [0.29, 0.717) is 23.0 Å². The smallest absolute Gasteiger partial charge is 0.252 e. The molecule has 1 heterocycles. The van der Waals surface area contributed by atoms with Crippen LogP contribution in [0.3, 0.4) is 0 Å². The molecule has 0 saturated heterocycles. The van der Waals surface area contributed by atoms with Gasteiger partial charge in [-0.25, -0.2) is 0 Å². The largest absolute Gasteiger partial charge is 0.497 e. The van der Waals surface area contributed by atoms with E-state index in [-0.39, 0.29) is 12.5 Å². The lowest BCUT2D eigenvalue weighted by atomic mass is 10.2. The number of carbonyl (C=O) groups is 1. The Morgan fingerprint density at radius 1 is 1.25 bits per heavy atom.